The minimum absolute atomic E-state index is 0.0147. The van der Waals surface area contributed by atoms with Crippen LogP contribution in [0.15, 0.2) is 12.4 Å². The Morgan fingerprint density at radius 3 is 2.78 bits per heavy atom. The largest absolute Gasteiger partial charge is 0.458 e. The Morgan fingerprint density at radius 1 is 1.39 bits per heavy atom. The minimum atomic E-state index is -0.124. The Balaban J connectivity index is 1.68. The van der Waals surface area contributed by atoms with E-state index in [9.17, 15) is 4.79 Å². The highest BCUT2D eigenvalue weighted by molar-refractivity contribution is 6.30. The van der Waals surface area contributed by atoms with Gasteiger partial charge in [-0.25, -0.2) is 9.97 Å². The molecule has 1 atom stereocenters. The van der Waals surface area contributed by atoms with E-state index >= 15 is 0 Å². The molecular formula is C15H18ClN5O2. The van der Waals surface area contributed by atoms with Crippen LogP contribution in [0.2, 0.25) is 5.02 Å². The molecule has 1 aliphatic rings. The molecule has 0 unspecified atom stereocenters. The molecule has 1 fully saturated rings. The van der Waals surface area contributed by atoms with Gasteiger partial charge in [0.25, 0.3) is 5.91 Å². The maximum absolute atomic E-state index is 12.7. The van der Waals surface area contributed by atoms with E-state index in [1.165, 1.54) is 12.4 Å². The molecule has 122 valence electrons. The highest BCUT2D eigenvalue weighted by Crippen LogP contribution is 2.20. The summed E-state index contributed by atoms with van der Waals surface area (Å²) in [5.41, 5.74) is 2.15. The first-order valence-corrected chi connectivity index (χ1v) is 7.87. The van der Waals surface area contributed by atoms with Crippen LogP contribution in [0.1, 0.15) is 34.6 Å². The van der Waals surface area contributed by atoms with Crippen LogP contribution in [-0.4, -0.2) is 50.2 Å². The third kappa shape index (κ3) is 3.44. The zero-order valence-corrected chi connectivity index (χ0v) is 13.8. The molecule has 1 N–H and O–H groups in total. The molecule has 2 aromatic heterocycles. The van der Waals surface area contributed by atoms with Gasteiger partial charge in [0, 0.05) is 12.2 Å². The second-order valence-electron chi connectivity index (χ2n) is 5.63. The average molecular weight is 336 g/mol. The number of hydrogen-bond donors (Lipinski definition) is 1. The number of H-pyrrole nitrogens is 1. The van der Waals surface area contributed by atoms with Crippen LogP contribution in [-0.2, 0) is 0 Å². The molecule has 8 heteroatoms. The number of aromatic nitrogens is 4. The van der Waals surface area contributed by atoms with Gasteiger partial charge >= 0.3 is 6.01 Å². The summed E-state index contributed by atoms with van der Waals surface area (Å²) in [6, 6.07) is 0.282. The molecule has 3 heterocycles. The van der Waals surface area contributed by atoms with Gasteiger partial charge < -0.3 is 9.64 Å². The molecule has 0 bridgehead atoms. The number of rotatable bonds is 3. The molecular weight excluding hydrogens is 318 g/mol. The number of carbonyl (C=O) groups is 1. The molecule has 1 amide bonds. The van der Waals surface area contributed by atoms with E-state index < -0.39 is 0 Å². The zero-order valence-electron chi connectivity index (χ0n) is 13.0. The second kappa shape index (κ2) is 6.54. The van der Waals surface area contributed by atoms with Crippen molar-refractivity contribution in [2.75, 3.05) is 13.1 Å². The molecule has 0 aliphatic carbocycles. The summed E-state index contributed by atoms with van der Waals surface area (Å²) in [5, 5.41) is 7.40. The number of nitrogens with zero attached hydrogens (tertiary/aromatic N) is 4. The molecule has 2 aromatic rings. The summed E-state index contributed by atoms with van der Waals surface area (Å²) < 4.78 is 5.77. The van der Waals surface area contributed by atoms with Crippen molar-refractivity contribution in [1.82, 2.24) is 25.1 Å². The van der Waals surface area contributed by atoms with Crippen molar-refractivity contribution in [3.05, 3.63) is 34.4 Å². The number of likely N-dealkylation sites (tertiary alicyclic amines) is 1. The normalized spacial score (nSPS) is 18.0. The van der Waals surface area contributed by atoms with Gasteiger partial charge in [-0.2, -0.15) is 5.10 Å². The Bertz CT molecular complexity index is 681. The van der Waals surface area contributed by atoms with Crippen LogP contribution < -0.4 is 4.74 Å². The van der Waals surface area contributed by atoms with E-state index in [4.69, 9.17) is 16.3 Å². The van der Waals surface area contributed by atoms with Crippen molar-refractivity contribution >= 4 is 17.5 Å². The van der Waals surface area contributed by atoms with Crippen LogP contribution in [0.5, 0.6) is 6.01 Å². The van der Waals surface area contributed by atoms with Crippen LogP contribution >= 0.6 is 11.6 Å². The minimum Gasteiger partial charge on any atom is -0.458 e. The summed E-state index contributed by atoms with van der Waals surface area (Å²) in [5.74, 6) is -0.0147. The molecule has 0 saturated carbocycles. The lowest BCUT2D eigenvalue weighted by Crippen LogP contribution is -2.44. The van der Waals surface area contributed by atoms with E-state index in [-0.39, 0.29) is 18.0 Å². The van der Waals surface area contributed by atoms with Crippen molar-refractivity contribution in [2.45, 2.75) is 32.8 Å². The van der Waals surface area contributed by atoms with Gasteiger partial charge in [0.15, 0.2) is 0 Å². The van der Waals surface area contributed by atoms with E-state index in [0.29, 0.717) is 23.7 Å². The molecule has 7 nitrogen and oxygen atoms in total. The smallest absolute Gasteiger partial charge is 0.316 e. The number of nitrogens with one attached hydrogen (secondary N) is 1. The topological polar surface area (TPSA) is 84.0 Å². The molecule has 3 rings (SSSR count). The van der Waals surface area contributed by atoms with Crippen LogP contribution in [0.25, 0.3) is 0 Å². The third-order valence-electron chi connectivity index (χ3n) is 3.88. The first kappa shape index (κ1) is 15.7. The SMILES string of the molecule is Cc1n[nH]c(C)c1C(=O)N1CCC[C@@H](Oc2ncc(Cl)cn2)C1. The number of piperidine rings is 1. The molecule has 0 aromatic carbocycles. The van der Waals surface area contributed by atoms with Gasteiger partial charge in [-0.05, 0) is 26.7 Å². The Kier molecular flexibility index (Phi) is 4.47. The second-order valence-corrected chi connectivity index (χ2v) is 6.06. The summed E-state index contributed by atoms with van der Waals surface area (Å²) >= 11 is 5.76. The van der Waals surface area contributed by atoms with Crippen LogP contribution in [0.3, 0.4) is 0 Å². The fourth-order valence-electron chi connectivity index (χ4n) is 2.75. The number of halogens is 1. The predicted octanol–water partition coefficient (Wildman–Crippen LogP) is 2.15. The van der Waals surface area contributed by atoms with Crippen molar-refractivity contribution in [2.24, 2.45) is 0 Å². The first-order valence-electron chi connectivity index (χ1n) is 7.49. The standard InChI is InChI=1S/C15H18ClN5O2/c1-9-13(10(2)20-19-9)14(22)21-5-3-4-12(8-21)23-15-17-6-11(16)7-18-15/h6-7,12H,3-5,8H2,1-2H3,(H,19,20)/t12-/m1/s1. The number of aromatic amines is 1. The lowest BCUT2D eigenvalue weighted by atomic mass is 10.1. The number of amides is 1. The Labute approximate surface area is 139 Å². The molecule has 1 saturated heterocycles. The average Bonchev–Trinajstić information content (AvgIpc) is 2.88. The predicted molar refractivity (Wildman–Crippen MR) is 84.7 cm³/mol. The Hall–Kier alpha value is -2.15. The van der Waals surface area contributed by atoms with Crippen molar-refractivity contribution in [3.8, 4) is 6.01 Å². The molecule has 0 spiro atoms. The summed E-state index contributed by atoms with van der Waals surface area (Å²) in [6.45, 7) is 4.90. The fraction of sp³-hybridized carbons (Fsp3) is 0.467. The summed E-state index contributed by atoms with van der Waals surface area (Å²) in [7, 11) is 0. The summed E-state index contributed by atoms with van der Waals surface area (Å²) in [6.07, 6.45) is 4.60. The van der Waals surface area contributed by atoms with Crippen molar-refractivity contribution in [1.29, 1.82) is 0 Å². The van der Waals surface area contributed by atoms with Gasteiger partial charge in [-0.15, -0.1) is 0 Å². The third-order valence-corrected chi connectivity index (χ3v) is 4.07. The van der Waals surface area contributed by atoms with E-state index in [1.807, 2.05) is 13.8 Å². The first-order chi connectivity index (χ1) is 11.0. The van der Waals surface area contributed by atoms with Gasteiger partial charge in [-0.1, -0.05) is 11.6 Å². The monoisotopic (exact) mass is 335 g/mol. The van der Waals surface area contributed by atoms with Gasteiger partial charge in [0.05, 0.1) is 35.2 Å². The van der Waals surface area contributed by atoms with Crippen LogP contribution in [0, 0.1) is 13.8 Å². The Morgan fingerprint density at radius 2 is 2.13 bits per heavy atom. The number of hydrogen-bond acceptors (Lipinski definition) is 5. The highest BCUT2D eigenvalue weighted by Gasteiger charge is 2.28. The molecule has 23 heavy (non-hydrogen) atoms. The van der Waals surface area contributed by atoms with E-state index in [2.05, 4.69) is 20.2 Å². The van der Waals surface area contributed by atoms with Gasteiger partial charge in [0.1, 0.15) is 6.10 Å². The lowest BCUT2D eigenvalue weighted by Gasteiger charge is -2.32. The van der Waals surface area contributed by atoms with Gasteiger partial charge in [-0.3, -0.25) is 9.89 Å². The maximum atomic E-state index is 12.7. The van der Waals surface area contributed by atoms with E-state index in [1.54, 1.807) is 4.90 Å². The lowest BCUT2D eigenvalue weighted by molar-refractivity contribution is 0.0514. The maximum Gasteiger partial charge on any atom is 0.316 e. The fourth-order valence-corrected chi connectivity index (χ4v) is 2.85. The van der Waals surface area contributed by atoms with Crippen molar-refractivity contribution in [3.63, 3.8) is 0 Å². The summed E-state index contributed by atoms with van der Waals surface area (Å²) in [4.78, 5) is 22.6. The number of ether oxygens (including phenoxy) is 1. The van der Waals surface area contributed by atoms with Gasteiger partial charge in [0.2, 0.25) is 0 Å². The van der Waals surface area contributed by atoms with Crippen molar-refractivity contribution < 1.29 is 9.53 Å². The number of aryl methyl sites for hydroxylation is 2. The van der Waals surface area contributed by atoms with E-state index in [0.717, 1.165) is 24.2 Å². The quantitative estimate of drug-likeness (QED) is 0.929. The van der Waals surface area contributed by atoms with Crippen LogP contribution in [0.4, 0.5) is 0 Å². The molecule has 0 radical (unpaired) electrons. The number of carbonyl (C=O) groups excluding carboxylic acids is 1. The highest BCUT2D eigenvalue weighted by atomic mass is 35.5. The zero-order chi connectivity index (χ0) is 16.4. The molecule has 1 aliphatic heterocycles.